The minimum atomic E-state index is -0.0165. The second-order valence-electron chi connectivity index (χ2n) is 7.45. The van der Waals surface area contributed by atoms with Gasteiger partial charge in [0.15, 0.2) is 5.69 Å². The molecule has 0 spiro atoms. The zero-order valence-electron chi connectivity index (χ0n) is 17.2. The van der Waals surface area contributed by atoms with Crippen LogP contribution in [0.2, 0.25) is 0 Å². The fourth-order valence-corrected chi connectivity index (χ4v) is 3.97. The van der Waals surface area contributed by atoms with Crippen LogP contribution in [0.1, 0.15) is 34.9 Å². The molecule has 8 nitrogen and oxygen atoms in total. The summed E-state index contributed by atoms with van der Waals surface area (Å²) in [4.78, 5) is 17.1. The lowest BCUT2D eigenvalue weighted by atomic mass is 10.1. The highest BCUT2D eigenvalue weighted by atomic mass is 35.5. The fourth-order valence-electron chi connectivity index (χ4n) is 3.97. The third-order valence-corrected chi connectivity index (χ3v) is 5.66. The van der Waals surface area contributed by atoms with Gasteiger partial charge >= 0.3 is 0 Å². The van der Waals surface area contributed by atoms with Crippen LogP contribution >= 0.6 is 24.8 Å². The molecule has 4 rings (SSSR count). The van der Waals surface area contributed by atoms with E-state index >= 15 is 0 Å². The Kier molecular flexibility index (Phi) is 9.36. The lowest BCUT2D eigenvalue weighted by Crippen LogP contribution is -2.48. The van der Waals surface area contributed by atoms with Crippen molar-refractivity contribution in [3.05, 3.63) is 41.7 Å². The summed E-state index contributed by atoms with van der Waals surface area (Å²) in [7, 11) is 1.70. The molecule has 1 amide bonds. The van der Waals surface area contributed by atoms with Crippen LogP contribution in [0, 0.1) is 0 Å². The topological polar surface area (TPSA) is 75.5 Å². The van der Waals surface area contributed by atoms with Crippen molar-refractivity contribution >= 4 is 30.7 Å². The molecule has 0 unspecified atom stereocenters. The number of nitrogens with zero attached hydrogens (tertiary/aromatic N) is 5. The number of aromatic nitrogens is 3. The molecule has 1 aromatic heterocycles. The van der Waals surface area contributed by atoms with Crippen LogP contribution in [-0.4, -0.2) is 77.1 Å². The smallest absolute Gasteiger partial charge is 0.276 e. The van der Waals surface area contributed by atoms with E-state index in [4.69, 9.17) is 4.74 Å². The van der Waals surface area contributed by atoms with E-state index in [1.165, 1.54) is 5.56 Å². The van der Waals surface area contributed by atoms with Gasteiger partial charge < -0.3 is 15.0 Å². The first kappa shape index (κ1) is 24.4. The van der Waals surface area contributed by atoms with Gasteiger partial charge in [0.05, 0.1) is 19.3 Å². The van der Waals surface area contributed by atoms with Gasteiger partial charge in [-0.05, 0) is 32.0 Å². The number of rotatable bonds is 5. The quantitative estimate of drug-likeness (QED) is 0.741. The molecule has 2 aliphatic rings. The number of carbonyl (C=O) groups excluding carboxylic acids is 1. The minimum Gasteiger partial charge on any atom is -0.496 e. The molecule has 0 radical (unpaired) electrons. The number of ether oxygens (including phenoxy) is 1. The van der Waals surface area contributed by atoms with Crippen molar-refractivity contribution in [1.82, 2.24) is 30.1 Å². The molecule has 10 heteroatoms. The van der Waals surface area contributed by atoms with E-state index in [1.807, 2.05) is 34.0 Å². The van der Waals surface area contributed by atoms with E-state index in [-0.39, 0.29) is 30.7 Å². The van der Waals surface area contributed by atoms with Crippen molar-refractivity contribution in [2.75, 3.05) is 46.4 Å². The minimum absolute atomic E-state index is 0. The number of benzene rings is 1. The maximum atomic E-state index is 12.8. The Labute approximate surface area is 189 Å². The van der Waals surface area contributed by atoms with Gasteiger partial charge in [-0.25, -0.2) is 4.68 Å². The molecule has 0 saturated carbocycles. The predicted octanol–water partition coefficient (Wildman–Crippen LogP) is 2.01. The van der Waals surface area contributed by atoms with E-state index < -0.39 is 0 Å². The summed E-state index contributed by atoms with van der Waals surface area (Å²) < 4.78 is 7.31. The summed E-state index contributed by atoms with van der Waals surface area (Å²) >= 11 is 0. The van der Waals surface area contributed by atoms with Gasteiger partial charge in [-0.3, -0.25) is 9.69 Å². The first-order chi connectivity index (χ1) is 13.7. The van der Waals surface area contributed by atoms with E-state index in [0.717, 1.165) is 51.3 Å². The van der Waals surface area contributed by atoms with Crippen LogP contribution in [0.5, 0.6) is 5.75 Å². The summed E-state index contributed by atoms with van der Waals surface area (Å²) in [5, 5.41) is 11.7. The molecule has 0 aliphatic carbocycles. The first-order valence-corrected chi connectivity index (χ1v) is 10.0. The fraction of sp³-hybridized carbons (Fsp3) is 0.550. The van der Waals surface area contributed by atoms with Crippen molar-refractivity contribution in [3.63, 3.8) is 0 Å². The van der Waals surface area contributed by atoms with E-state index in [1.54, 1.807) is 7.11 Å². The van der Waals surface area contributed by atoms with Crippen LogP contribution in [-0.2, 0) is 6.54 Å². The van der Waals surface area contributed by atoms with Gasteiger partial charge in [-0.1, -0.05) is 23.4 Å². The average Bonchev–Trinajstić information content (AvgIpc) is 3.25. The van der Waals surface area contributed by atoms with Gasteiger partial charge in [-0.2, -0.15) is 0 Å². The molecule has 0 atom stereocenters. The second-order valence-corrected chi connectivity index (χ2v) is 7.45. The normalized spacial score (nSPS) is 17.7. The number of nitrogens with one attached hydrogen (secondary N) is 1. The number of hydrogen-bond acceptors (Lipinski definition) is 6. The van der Waals surface area contributed by atoms with Crippen molar-refractivity contribution < 1.29 is 9.53 Å². The highest BCUT2D eigenvalue weighted by Gasteiger charge is 2.25. The molecular formula is C20H30Cl2N6O2. The van der Waals surface area contributed by atoms with Crippen LogP contribution in [0.15, 0.2) is 30.5 Å². The van der Waals surface area contributed by atoms with Gasteiger partial charge in [-0.15, -0.1) is 29.9 Å². The monoisotopic (exact) mass is 456 g/mol. The Morgan fingerprint density at radius 2 is 1.83 bits per heavy atom. The van der Waals surface area contributed by atoms with Crippen molar-refractivity contribution in [1.29, 1.82) is 0 Å². The number of piperidine rings is 1. The molecule has 2 saturated heterocycles. The Balaban J connectivity index is 0.00000160. The van der Waals surface area contributed by atoms with Gasteiger partial charge in [0.1, 0.15) is 5.75 Å². The lowest BCUT2D eigenvalue weighted by molar-refractivity contribution is 0.0621. The summed E-state index contributed by atoms with van der Waals surface area (Å²) in [6.45, 7) is 5.89. The molecule has 1 N–H and O–H groups in total. The standard InChI is InChI=1S/C20H28N6O2.2ClH/c1-28-19-5-3-2-4-16(19)14-24-10-12-25(13-11-24)20(27)18-15-26(23-22-18)17-6-8-21-9-7-17;;/h2-5,15,17,21H,6-14H2,1H3;2*1H. The van der Waals surface area contributed by atoms with Crippen LogP contribution in [0.25, 0.3) is 0 Å². The Morgan fingerprint density at radius 3 is 2.53 bits per heavy atom. The maximum Gasteiger partial charge on any atom is 0.276 e. The Hall–Kier alpha value is -1.87. The Morgan fingerprint density at radius 1 is 1.13 bits per heavy atom. The SMILES string of the molecule is COc1ccccc1CN1CCN(C(=O)c2cn(C3CCNCC3)nn2)CC1.Cl.Cl. The van der Waals surface area contributed by atoms with Crippen molar-refractivity contribution in [2.45, 2.75) is 25.4 Å². The van der Waals surface area contributed by atoms with E-state index in [2.05, 4.69) is 26.6 Å². The summed E-state index contributed by atoms with van der Waals surface area (Å²) in [5.74, 6) is 0.896. The molecule has 2 fully saturated rings. The molecular weight excluding hydrogens is 427 g/mol. The molecule has 2 aromatic rings. The number of methoxy groups -OCH3 is 1. The third-order valence-electron chi connectivity index (χ3n) is 5.66. The molecule has 30 heavy (non-hydrogen) atoms. The molecule has 1 aromatic carbocycles. The van der Waals surface area contributed by atoms with Gasteiger partial charge in [0.2, 0.25) is 0 Å². The van der Waals surface area contributed by atoms with Crippen molar-refractivity contribution in [2.24, 2.45) is 0 Å². The number of para-hydroxylation sites is 1. The highest BCUT2D eigenvalue weighted by molar-refractivity contribution is 5.92. The molecule has 0 bridgehead atoms. The zero-order valence-corrected chi connectivity index (χ0v) is 18.8. The number of halogens is 2. The number of hydrogen-bond donors (Lipinski definition) is 1. The predicted molar refractivity (Wildman–Crippen MR) is 120 cm³/mol. The maximum absolute atomic E-state index is 12.8. The second kappa shape index (κ2) is 11.5. The Bertz CT molecular complexity index is 804. The number of amides is 1. The van der Waals surface area contributed by atoms with Gasteiger partial charge in [0.25, 0.3) is 5.91 Å². The largest absolute Gasteiger partial charge is 0.496 e. The molecule has 3 heterocycles. The summed E-state index contributed by atoms with van der Waals surface area (Å²) in [6.07, 6.45) is 3.87. The third kappa shape index (κ3) is 5.63. The number of piperazine rings is 1. The summed E-state index contributed by atoms with van der Waals surface area (Å²) in [6, 6.07) is 8.43. The summed E-state index contributed by atoms with van der Waals surface area (Å²) in [5.41, 5.74) is 1.63. The number of carbonyl (C=O) groups is 1. The van der Waals surface area contributed by atoms with Crippen LogP contribution in [0.4, 0.5) is 0 Å². The average molecular weight is 457 g/mol. The molecule has 2 aliphatic heterocycles. The molecule has 166 valence electrons. The zero-order chi connectivity index (χ0) is 19.3. The van der Waals surface area contributed by atoms with E-state index in [0.29, 0.717) is 24.8 Å². The highest BCUT2D eigenvalue weighted by Crippen LogP contribution is 2.21. The van der Waals surface area contributed by atoms with E-state index in [9.17, 15) is 4.79 Å². The van der Waals surface area contributed by atoms with Crippen LogP contribution < -0.4 is 10.1 Å². The van der Waals surface area contributed by atoms with Crippen LogP contribution in [0.3, 0.4) is 0 Å². The van der Waals surface area contributed by atoms with Gasteiger partial charge in [0, 0.05) is 38.3 Å². The first-order valence-electron chi connectivity index (χ1n) is 10.0. The van der Waals surface area contributed by atoms with Crippen molar-refractivity contribution in [3.8, 4) is 5.75 Å². The lowest BCUT2D eigenvalue weighted by Gasteiger charge is -2.34.